The van der Waals surface area contributed by atoms with Crippen molar-refractivity contribution in [2.75, 3.05) is 18.0 Å². The largest absolute Gasteiger partial charge is 0.366 e. The van der Waals surface area contributed by atoms with Crippen molar-refractivity contribution in [3.8, 4) is 0 Å². The molecule has 1 aliphatic carbocycles. The van der Waals surface area contributed by atoms with Crippen molar-refractivity contribution in [3.05, 3.63) is 29.6 Å². The van der Waals surface area contributed by atoms with Crippen LogP contribution in [0.4, 0.5) is 10.1 Å². The van der Waals surface area contributed by atoms with Crippen LogP contribution in [-0.2, 0) is 0 Å². The average Bonchev–Trinajstić information content (AvgIpc) is 3.26. The van der Waals surface area contributed by atoms with Gasteiger partial charge in [0.1, 0.15) is 5.82 Å². The maximum absolute atomic E-state index is 13.8. The smallest absolute Gasteiger partial charge is 0.128 e. The van der Waals surface area contributed by atoms with Gasteiger partial charge in [0, 0.05) is 30.9 Å². The van der Waals surface area contributed by atoms with Crippen molar-refractivity contribution in [1.82, 2.24) is 5.32 Å². The summed E-state index contributed by atoms with van der Waals surface area (Å²) in [4.78, 5) is 2.40. The molecule has 0 bridgehead atoms. The van der Waals surface area contributed by atoms with Gasteiger partial charge >= 0.3 is 0 Å². The minimum atomic E-state index is -0.0890. The molecule has 2 aliphatic rings. The summed E-state index contributed by atoms with van der Waals surface area (Å²) in [6.07, 6.45) is 3.80. The molecule has 1 N–H and O–H groups in total. The zero-order valence-corrected chi connectivity index (χ0v) is 11.8. The highest BCUT2D eigenvalue weighted by molar-refractivity contribution is 5.50. The van der Waals surface area contributed by atoms with Gasteiger partial charge in [0.05, 0.1) is 0 Å². The third kappa shape index (κ3) is 2.62. The van der Waals surface area contributed by atoms with Gasteiger partial charge < -0.3 is 10.2 Å². The molecule has 3 rings (SSSR count). The van der Waals surface area contributed by atoms with Gasteiger partial charge in [-0.3, -0.25) is 0 Å². The molecule has 104 valence electrons. The van der Waals surface area contributed by atoms with E-state index in [2.05, 4.69) is 23.2 Å². The van der Waals surface area contributed by atoms with E-state index in [0.29, 0.717) is 12.1 Å². The summed E-state index contributed by atoms with van der Waals surface area (Å²) in [6.45, 7) is 6.07. The summed E-state index contributed by atoms with van der Waals surface area (Å²) in [5, 5.41) is 3.67. The molecule has 2 nitrogen and oxygen atoms in total. The van der Waals surface area contributed by atoms with E-state index >= 15 is 0 Å². The molecule has 0 spiro atoms. The van der Waals surface area contributed by atoms with Crippen LogP contribution in [0.15, 0.2) is 18.2 Å². The van der Waals surface area contributed by atoms with Crippen molar-refractivity contribution in [2.45, 2.75) is 45.2 Å². The fourth-order valence-corrected chi connectivity index (χ4v) is 3.08. The number of hydrogen-bond donors (Lipinski definition) is 1. The first-order valence-electron chi connectivity index (χ1n) is 7.45. The molecule has 1 aromatic rings. The Balaban J connectivity index is 1.82. The van der Waals surface area contributed by atoms with Crippen LogP contribution in [0, 0.1) is 18.7 Å². The average molecular weight is 262 g/mol. The van der Waals surface area contributed by atoms with Crippen LogP contribution in [0.5, 0.6) is 0 Å². The van der Waals surface area contributed by atoms with Crippen LogP contribution in [0.3, 0.4) is 0 Å². The molecule has 0 radical (unpaired) electrons. The lowest BCUT2D eigenvalue weighted by molar-refractivity contribution is 0.359. The summed E-state index contributed by atoms with van der Waals surface area (Å²) < 4.78 is 13.8. The zero-order valence-electron chi connectivity index (χ0n) is 11.8. The molecule has 1 saturated heterocycles. The first-order chi connectivity index (χ1) is 9.19. The van der Waals surface area contributed by atoms with Crippen molar-refractivity contribution in [1.29, 1.82) is 0 Å². The lowest BCUT2D eigenvalue weighted by Crippen LogP contribution is -2.57. The number of aryl methyl sites for hydroxylation is 1. The lowest BCUT2D eigenvalue weighted by Gasteiger charge is -2.42. The van der Waals surface area contributed by atoms with E-state index in [1.807, 2.05) is 13.0 Å². The van der Waals surface area contributed by atoms with Crippen molar-refractivity contribution < 1.29 is 4.39 Å². The molecule has 1 aliphatic heterocycles. The Morgan fingerprint density at radius 3 is 2.79 bits per heavy atom. The van der Waals surface area contributed by atoms with Crippen LogP contribution in [0.25, 0.3) is 0 Å². The molecule has 2 atom stereocenters. The topological polar surface area (TPSA) is 15.3 Å². The number of nitrogens with zero attached hydrogens (tertiary/aromatic N) is 1. The fraction of sp³-hybridized carbons (Fsp3) is 0.625. The standard InChI is InChI=1S/C16H23FN2/c1-3-13-9-18-16(12-5-6-12)10-19(13)14-7-4-11(2)15(17)8-14/h4,7-8,12-13,16,18H,3,5-6,9-10H2,1-2H3. The molecule has 1 aromatic carbocycles. The number of benzene rings is 1. The fourth-order valence-electron chi connectivity index (χ4n) is 3.08. The monoisotopic (exact) mass is 262 g/mol. The maximum atomic E-state index is 13.8. The predicted octanol–water partition coefficient (Wildman–Crippen LogP) is 3.10. The Morgan fingerprint density at radius 1 is 1.37 bits per heavy atom. The van der Waals surface area contributed by atoms with E-state index in [-0.39, 0.29) is 5.82 Å². The van der Waals surface area contributed by atoms with Gasteiger partial charge in [-0.05, 0) is 49.8 Å². The Labute approximate surface area is 115 Å². The van der Waals surface area contributed by atoms with Gasteiger partial charge in [-0.25, -0.2) is 4.39 Å². The number of anilines is 1. The molecular formula is C16H23FN2. The SMILES string of the molecule is CCC1CNC(C2CC2)CN1c1ccc(C)c(F)c1. The molecular weight excluding hydrogens is 239 g/mol. The van der Waals surface area contributed by atoms with E-state index in [1.54, 1.807) is 6.07 Å². The highest BCUT2D eigenvalue weighted by Crippen LogP contribution is 2.35. The lowest BCUT2D eigenvalue weighted by atomic mass is 10.0. The number of nitrogens with one attached hydrogen (secondary N) is 1. The maximum Gasteiger partial charge on any atom is 0.128 e. The summed E-state index contributed by atoms with van der Waals surface area (Å²) in [5.74, 6) is 0.754. The van der Waals surface area contributed by atoms with Gasteiger partial charge in [-0.15, -0.1) is 0 Å². The number of hydrogen-bond acceptors (Lipinski definition) is 2. The molecule has 0 amide bonds. The Kier molecular flexibility index (Phi) is 3.48. The first-order valence-corrected chi connectivity index (χ1v) is 7.45. The number of rotatable bonds is 3. The summed E-state index contributed by atoms with van der Waals surface area (Å²) in [5.41, 5.74) is 1.77. The third-order valence-electron chi connectivity index (χ3n) is 4.60. The number of piperazine rings is 1. The van der Waals surface area contributed by atoms with Crippen molar-refractivity contribution in [2.24, 2.45) is 5.92 Å². The van der Waals surface area contributed by atoms with Gasteiger partial charge in [0.25, 0.3) is 0 Å². The second-order valence-electron chi connectivity index (χ2n) is 6.00. The molecule has 1 heterocycles. The third-order valence-corrected chi connectivity index (χ3v) is 4.60. The van der Waals surface area contributed by atoms with E-state index in [9.17, 15) is 4.39 Å². The van der Waals surface area contributed by atoms with Gasteiger partial charge in [-0.2, -0.15) is 0 Å². The highest BCUT2D eigenvalue weighted by Gasteiger charge is 2.36. The predicted molar refractivity (Wildman–Crippen MR) is 77.1 cm³/mol. The van der Waals surface area contributed by atoms with Crippen LogP contribution in [0.2, 0.25) is 0 Å². The minimum Gasteiger partial charge on any atom is -0.366 e. The molecule has 3 heteroatoms. The van der Waals surface area contributed by atoms with Crippen molar-refractivity contribution in [3.63, 3.8) is 0 Å². The summed E-state index contributed by atoms with van der Waals surface area (Å²) in [7, 11) is 0. The van der Waals surface area contributed by atoms with E-state index in [4.69, 9.17) is 0 Å². The van der Waals surface area contributed by atoms with Crippen LogP contribution >= 0.6 is 0 Å². The van der Waals surface area contributed by atoms with Gasteiger partial charge in [-0.1, -0.05) is 13.0 Å². The normalized spacial score (nSPS) is 27.6. The van der Waals surface area contributed by atoms with Crippen LogP contribution in [-0.4, -0.2) is 25.2 Å². The summed E-state index contributed by atoms with van der Waals surface area (Å²) >= 11 is 0. The zero-order chi connectivity index (χ0) is 13.4. The Bertz CT molecular complexity index is 456. The van der Waals surface area contributed by atoms with E-state index < -0.39 is 0 Å². The highest BCUT2D eigenvalue weighted by atomic mass is 19.1. The Hall–Kier alpha value is -1.09. The number of halogens is 1. The molecule has 1 saturated carbocycles. The summed E-state index contributed by atoms with van der Waals surface area (Å²) in [6, 6.07) is 6.74. The molecule has 0 aromatic heterocycles. The minimum absolute atomic E-state index is 0.0890. The van der Waals surface area contributed by atoms with Crippen molar-refractivity contribution >= 4 is 5.69 Å². The van der Waals surface area contributed by atoms with E-state index in [1.165, 1.54) is 12.8 Å². The second kappa shape index (κ2) is 5.12. The molecule has 2 fully saturated rings. The van der Waals surface area contributed by atoms with Gasteiger partial charge in [0.2, 0.25) is 0 Å². The molecule has 19 heavy (non-hydrogen) atoms. The van der Waals surface area contributed by atoms with Crippen LogP contribution < -0.4 is 10.2 Å². The second-order valence-corrected chi connectivity index (χ2v) is 6.00. The quantitative estimate of drug-likeness (QED) is 0.900. The van der Waals surface area contributed by atoms with E-state index in [0.717, 1.165) is 36.7 Å². The Morgan fingerprint density at radius 2 is 2.16 bits per heavy atom. The first kappa shape index (κ1) is 12.9. The van der Waals surface area contributed by atoms with Gasteiger partial charge in [0.15, 0.2) is 0 Å². The molecule has 2 unspecified atom stereocenters. The van der Waals surface area contributed by atoms with Crippen LogP contribution in [0.1, 0.15) is 31.7 Å².